The standard InChI is InChI=1S/C11H14N4O2/c12-10-8(2-1-5-13-10)11(17)14-6-7-3-4-9(16)15-7/h1-2,5,7H,3-4,6H2,(H2,12,13)(H,14,17)(H,15,16). The van der Waals surface area contributed by atoms with Crippen LogP contribution in [-0.2, 0) is 4.79 Å². The maximum absolute atomic E-state index is 11.8. The summed E-state index contributed by atoms with van der Waals surface area (Å²) < 4.78 is 0. The second-order valence-electron chi connectivity index (χ2n) is 3.95. The van der Waals surface area contributed by atoms with Gasteiger partial charge in [-0.25, -0.2) is 4.98 Å². The molecule has 0 bridgehead atoms. The predicted octanol–water partition coefficient (Wildman–Crippen LogP) is -0.328. The van der Waals surface area contributed by atoms with Crippen molar-refractivity contribution in [1.29, 1.82) is 0 Å². The van der Waals surface area contributed by atoms with Gasteiger partial charge in [0.1, 0.15) is 5.82 Å². The van der Waals surface area contributed by atoms with Crippen molar-refractivity contribution >= 4 is 17.6 Å². The molecule has 6 heteroatoms. The van der Waals surface area contributed by atoms with Crippen LogP contribution in [0.5, 0.6) is 0 Å². The monoisotopic (exact) mass is 234 g/mol. The molecule has 0 aromatic carbocycles. The van der Waals surface area contributed by atoms with Crippen LogP contribution >= 0.6 is 0 Å². The highest BCUT2D eigenvalue weighted by Crippen LogP contribution is 2.08. The highest BCUT2D eigenvalue weighted by atomic mass is 16.2. The Bertz CT molecular complexity index is 447. The van der Waals surface area contributed by atoms with E-state index in [0.717, 1.165) is 6.42 Å². The molecule has 1 unspecified atom stereocenters. The molecule has 1 aromatic heterocycles. The number of hydrogen-bond donors (Lipinski definition) is 3. The van der Waals surface area contributed by atoms with Crippen LogP contribution in [0.15, 0.2) is 18.3 Å². The van der Waals surface area contributed by atoms with E-state index in [0.29, 0.717) is 18.5 Å². The fourth-order valence-corrected chi connectivity index (χ4v) is 1.75. The van der Waals surface area contributed by atoms with E-state index in [1.165, 1.54) is 6.20 Å². The fourth-order valence-electron chi connectivity index (χ4n) is 1.75. The molecule has 6 nitrogen and oxygen atoms in total. The first kappa shape index (κ1) is 11.4. The van der Waals surface area contributed by atoms with Gasteiger partial charge in [-0.3, -0.25) is 9.59 Å². The number of anilines is 1. The van der Waals surface area contributed by atoms with E-state index < -0.39 is 0 Å². The van der Waals surface area contributed by atoms with Gasteiger partial charge in [0.2, 0.25) is 5.91 Å². The third-order valence-corrected chi connectivity index (χ3v) is 2.68. The number of pyridine rings is 1. The van der Waals surface area contributed by atoms with Gasteiger partial charge in [-0.05, 0) is 18.6 Å². The van der Waals surface area contributed by atoms with Gasteiger partial charge in [0.05, 0.1) is 5.56 Å². The SMILES string of the molecule is Nc1ncccc1C(=O)NCC1CCC(=O)N1. The summed E-state index contributed by atoms with van der Waals surface area (Å²) in [5, 5.41) is 5.50. The number of hydrogen-bond acceptors (Lipinski definition) is 4. The lowest BCUT2D eigenvalue weighted by atomic mass is 10.2. The summed E-state index contributed by atoms with van der Waals surface area (Å²) >= 11 is 0. The Balaban J connectivity index is 1.90. The number of carbonyl (C=O) groups excluding carboxylic acids is 2. The minimum absolute atomic E-state index is 0.0179. The molecule has 1 aliphatic rings. The fraction of sp³-hybridized carbons (Fsp3) is 0.364. The number of nitrogen functional groups attached to an aromatic ring is 1. The minimum atomic E-state index is -0.267. The molecule has 0 spiro atoms. The lowest BCUT2D eigenvalue weighted by Crippen LogP contribution is -2.38. The van der Waals surface area contributed by atoms with Gasteiger partial charge in [-0.15, -0.1) is 0 Å². The van der Waals surface area contributed by atoms with E-state index in [4.69, 9.17) is 5.73 Å². The number of nitrogens with zero attached hydrogens (tertiary/aromatic N) is 1. The molecule has 4 N–H and O–H groups in total. The Hall–Kier alpha value is -2.11. The zero-order valence-electron chi connectivity index (χ0n) is 9.27. The van der Waals surface area contributed by atoms with E-state index in [1.807, 2.05) is 0 Å². The molecule has 2 rings (SSSR count). The first-order chi connectivity index (χ1) is 8.16. The molecule has 2 heterocycles. The summed E-state index contributed by atoms with van der Waals surface area (Å²) in [5.74, 6) is -0.0256. The van der Waals surface area contributed by atoms with Crippen LogP contribution in [0.25, 0.3) is 0 Å². The lowest BCUT2D eigenvalue weighted by Gasteiger charge is -2.11. The Labute approximate surface area is 98.6 Å². The molecule has 2 amide bonds. The van der Waals surface area contributed by atoms with Crippen molar-refractivity contribution in [3.63, 3.8) is 0 Å². The first-order valence-corrected chi connectivity index (χ1v) is 5.45. The van der Waals surface area contributed by atoms with E-state index in [2.05, 4.69) is 15.6 Å². The molecule has 1 atom stereocenters. The van der Waals surface area contributed by atoms with E-state index in [1.54, 1.807) is 12.1 Å². The number of nitrogens with one attached hydrogen (secondary N) is 2. The zero-order valence-corrected chi connectivity index (χ0v) is 9.27. The molecule has 1 aromatic rings. The van der Waals surface area contributed by atoms with Crippen molar-refractivity contribution in [1.82, 2.24) is 15.6 Å². The molecule has 0 saturated carbocycles. The van der Waals surface area contributed by atoms with E-state index in [-0.39, 0.29) is 23.7 Å². The van der Waals surface area contributed by atoms with Crippen LogP contribution in [0.2, 0.25) is 0 Å². The first-order valence-electron chi connectivity index (χ1n) is 5.45. The maximum Gasteiger partial charge on any atom is 0.255 e. The molecule has 1 aliphatic heterocycles. The van der Waals surface area contributed by atoms with E-state index in [9.17, 15) is 9.59 Å². The summed E-state index contributed by atoms with van der Waals surface area (Å²) in [5.41, 5.74) is 5.94. The largest absolute Gasteiger partial charge is 0.383 e. The summed E-state index contributed by atoms with van der Waals surface area (Å²) in [6.45, 7) is 0.416. The van der Waals surface area contributed by atoms with Gasteiger partial charge in [0, 0.05) is 25.2 Å². The third kappa shape index (κ3) is 2.72. The van der Waals surface area contributed by atoms with Gasteiger partial charge < -0.3 is 16.4 Å². The topological polar surface area (TPSA) is 97.1 Å². The smallest absolute Gasteiger partial charge is 0.255 e. The van der Waals surface area contributed by atoms with Crippen molar-refractivity contribution in [2.24, 2.45) is 0 Å². The summed E-state index contributed by atoms with van der Waals surface area (Å²) in [6.07, 6.45) is 2.81. The van der Waals surface area contributed by atoms with Gasteiger partial charge in [0.25, 0.3) is 5.91 Å². The summed E-state index contributed by atoms with van der Waals surface area (Å²) in [4.78, 5) is 26.6. The number of amides is 2. The van der Waals surface area contributed by atoms with Crippen LogP contribution in [-0.4, -0.2) is 29.4 Å². The van der Waals surface area contributed by atoms with Crippen molar-refractivity contribution in [2.45, 2.75) is 18.9 Å². The van der Waals surface area contributed by atoms with Gasteiger partial charge in [-0.2, -0.15) is 0 Å². The number of rotatable bonds is 3. The van der Waals surface area contributed by atoms with Crippen molar-refractivity contribution < 1.29 is 9.59 Å². The van der Waals surface area contributed by atoms with Crippen LogP contribution in [0.3, 0.4) is 0 Å². The van der Waals surface area contributed by atoms with Crippen LogP contribution < -0.4 is 16.4 Å². The molecule has 90 valence electrons. The van der Waals surface area contributed by atoms with E-state index >= 15 is 0 Å². The average molecular weight is 234 g/mol. The summed E-state index contributed by atoms with van der Waals surface area (Å²) in [6, 6.07) is 3.29. The Morgan fingerprint density at radius 3 is 3.12 bits per heavy atom. The molecule has 0 aliphatic carbocycles. The number of carbonyl (C=O) groups is 2. The Morgan fingerprint density at radius 1 is 1.65 bits per heavy atom. The van der Waals surface area contributed by atoms with Crippen LogP contribution in [0.4, 0.5) is 5.82 Å². The Kier molecular flexibility index (Phi) is 3.22. The third-order valence-electron chi connectivity index (χ3n) is 2.68. The second kappa shape index (κ2) is 4.82. The van der Waals surface area contributed by atoms with Gasteiger partial charge in [-0.1, -0.05) is 0 Å². The molecular weight excluding hydrogens is 220 g/mol. The highest BCUT2D eigenvalue weighted by molar-refractivity contribution is 5.98. The lowest BCUT2D eigenvalue weighted by molar-refractivity contribution is -0.119. The van der Waals surface area contributed by atoms with Crippen molar-refractivity contribution in [3.8, 4) is 0 Å². The summed E-state index contributed by atoms with van der Waals surface area (Å²) in [7, 11) is 0. The Morgan fingerprint density at radius 2 is 2.47 bits per heavy atom. The number of nitrogens with two attached hydrogens (primary N) is 1. The molecule has 0 radical (unpaired) electrons. The maximum atomic E-state index is 11.8. The van der Waals surface area contributed by atoms with Gasteiger partial charge in [0.15, 0.2) is 0 Å². The van der Waals surface area contributed by atoms with Gasteiger partial charge >= 0.3 is 0 Å². The molecular formula is C11H14N4O2. The normalized spacial score (nSPS) is 18.8. The molecule has 1 fully saturated rings. The zero-order chi connectivity index (χ0) is 12.3. The van der Waals surface area contributed by atoms with Crippen LogP contribution in [0, 0.1) is 0 Å². The molecule has 1 saturated heterocycles. The minimum Gasteiger partial charge on any atom is -0.383 e. The highest BCUT2D eigenvalue weighted by Gasteiger charge is 2.21. The quantitative estimate of drug-likeness (QED) is 0.667. The van der Waals surface area contributed by atoms with Crippen LogP contribution in [0.1, 0.15) is 23.2 Å². The van der Waals surface area contributed by atoms with Crippen molar-refractivity contribution in [2.75, 3.05) is 12.3 Å². The van der Waals surface area contributed by atoms with Crippen molar-refractivity contribution in [3.05, 3.63) is 23.9 Å². The second-order valence-corrected chi connectivity index (χ2v) is 3.95. The average Bonchev–Trinajstić information content (AvgIpc) is 2.73. The number of aromatic nitrogens is 1. The molecule has 17 heavy (non-hydrogen) atoms. The predicted molar refractivity (Wildman–Crippen MR) is 62.1 cm³/mol.